The molecule has 1 fully saturated rings. The van der Waals surface area contributed by atoms with Gasteiger partial charge in [0, 0.05) is 19.0 Å². The van der Waals surface area contributed by atoms with Crippen molar-refractivity contribution in [1.29, 1.82) is 0 Å². The van der Waals surface area contributed by atoms with Gasteiger partial charge >= 0.3 is 12.1 Å². The molecule has 39 heavy (non-hydrogen) atoms. The lowest BCUT2D eigenvalue weighted by molar-refractivity contribution is -0.175. The molecule has 0 saturated carbocycles. The Morgan fingerprint density at radius 1 is 1.21 bits per heavy atom. The number of primary amides is 1. The molecule has 2 aliphatic rings. The summed E-state index contributed by atoms with van der Waals surface area (Å²) in [6.07, 6.45) is -5.29. The van der Waals surface area contributed by atoms with Crippen LogP contribution in [0, 0.1) is 5.92 Å². The summed E-state index contributed by atoms with van der Waals surface area (Å²) >= 11 is 0. The first-order valence-corrected chi connectivity index (χ1v) is 12.3. The first kappa shape index (κ1) is 29.6. The lowest BCUT2D eigenvalue weighted by Gasteiger charge is -2.35. The highest BCUT2D eigenvalue weighted by atomic mass is 19.4. The van der Waals surface area contributed by atoms with Crippen LogP contribution in [-0.2, 0) is 24.0 Å². The van der Waals surface area contributed by atoms with Gasteiger partial charge in [-0.25, -0.2) is 4.99 Å². The number of carbonyl (C=O) groups excluding carboxylic acids is 5. The number of likely N-dealkylation sites (tertiary alicyclic amines) is 1. The van der Waals surface area contributed by atoms with Gasteiger partial charge in [0.25, 0.3) is 5.91 Å². The summed E-state index contributed by atoms with van der Waals surface area (Å²) in [6.45, 7) is 4.31. The van der Waals surface area contributed by atoms with Crippen LogP contribution in [0.2, 0.25) is 0 Å². The maximum absolute atomic E-state index is 13.8. The normalized spacial score (nSPS) is 22.4. The number of nitrogens with one attached hydrogen (secondary N) is 2. The second-order valence-electron chi connectivity index (χ2n) is 10.2. The van der Waals surface area contributed by atoms with Gasteiger partial charge in [-0.15, -0.1) is 0 Å². The van der Waals surface area contributed by atoms with E-state index in [2.05, 4.69) is 10.3 Å². The molecule has 0 bridgehead atoms. The second-order valence-corrected chi connectivity index (χ2v) is 10.2. The van der Waals surface area contributed by atoms with Gasteiger partial charge in [0.1, 0.15) is 24.0 Å². The highest BCUT2D eigenvalue weighted by molar-refractivity contribution is 6.16. The zero-order chi connectivity index (χ0) is 29.3. The summed E-state index contributed by atoms with van der Waals surface area (Å²) in [6, 6.07) is 4.74. The molecule has 1 spiro atoms. The number of amidine groups is 1. The Bertz CT molecular complexity index is 1190. The number of hydrogen-bond donors (Lipinski definition) is 3. The van der Waals surface area contributed by atoms with Gasteiger partial charge in [-0.3, -0.25) is 24.0 Å². The molecule has 5 amide bonds. The molecule has 212 valence electrons. The number of likely N-dealkylation sites (N-methyl/N-ethyl adjacent to an activating group) is 1. The standard InChI is InChI=1S/C25H31F3N6O5/c1-13(2)10-16(33(4)20(36)14(3)30-23(39)25(26,27)28)21(37)34-12-24(11-17(34)18(29)35)22(38)31-19(32-24)15-8-6-5-7-9-15/h5-9,13-14,16-17H,10-12H2,1-4H3,(H2,29,35)(H,30,39)(H,31,32,38)/t14-,16-,17-,24+/m0/s1. The topological polar surface area (TPSA) is 154 Å². The lowest BCUT2D eigenvalue weighted by atomic mass is 9.96. The van der Waals surface area contributed by atoms with Crippen molar-refractivity contribution in [2.24, 2.45) is 16.6 Å². The molecule has 11 nitrogen and oxygen atoms in total. The Morgan fingerprint density at radius 3 is 2.36 bits per heavy atom. The van der Waals surface area contributed by atoms with Gasteiger partial charge in [0.2, 0.25) is 17.7 Å². The summed E-state index contributed by atoms with van der Waals surface area (Å²) < 4.78 is 38.1. The van der Waals surface area contributed by atoms with E-state index in [1.54, 1.807) is 49.5 Å². The fraction of sp³-hybridized carbons (Fsp3) is 0.520. The van der Waals surface area contributed by atoms with E-state index < -0.39 is 59.4 Å². The maximum atomic E-state index is 13.8. The SMILES string of the molecule is CC(C)C[C@@H](C(=O)N1C[C@@]2(C[C@H]1C(N)=O)N=C(c1ccccc1)NC2=O)N(C)C(=O)[C@H](C)NC(=O)C(F)(F)F. The Morgan fingerprint density at radius 2 is 1.82 bits per heavy atom. The van der Waals surface area contributed by atoms with Crippen LogP contribution >= 0.6 is 0 Å². The fourth-order valence-corrected chi connectivity index (χ4v) is 4.73. The van der Waals surface area contributed by atoms with E-state index >= 15 is 0 Å². The van der Waals surface area contributed by atoms with Crippen LogP contribution in [0.15, 0.2) is 35.3 Å². The number of rotatable bonds is 8. The van der Waals surface area contributed by atoms with E-state index in [0.29, 0.717) is 5.56 Å². The summed E-state index contributed by atoms with van der Waals surface area (Å²) in [5.41, 5.74) is 4.74. The minimum Gasteiger partial charge on any atom is -0.368 e. The van der Waals surface area contributed by atoms with E-state index in [1.807, 2.05) is 0 Å². The number of hydrogen-bond acceptors (Lipinski definition) is 6. The van der Waals surface area contributed by atoms with Crippen molar-refractivity contribution in [1.82, 2.24) is 20.4 Å². The van der Waals surface area contributed by atoms with Crippen LogP contribution in [-0.4, -0.2) is 88.6 Å². The molecule has 1 aromatic carbocycles. The van der Waals surface area contributed by atoms with Crippen LogP contribution < -0.4 is 16.4 Å². The van der Waals surface area contributed by atoms with Crippen molar-refractivity contribution in [3.8, 4) is 0 Å². The number of alkyl halides is 3. The summed E-state index contributed by atoms with van der Waals surface area (Å²) in [5.74, 6) is -5.23. The summed E-state index contributed by atoms with van der Waals surface area (Å²) in [4.78, 5) is 70.2. The van der Waals surface area contributed by atoms with Gasteiger partial charge in [-0.2, -0.15) is 13.2 Å². The molecular formula is C25H31F3N6O5. The van der Waals surface area contributed by atoms with Crippen molar-refractivity contribution in [2.45, 2.75) is 63.5 Å². The molecule has 0 aromatic heterocycles. The molecule has 14 heteroatoms. The Balaban J connectivity index is 1.89. The smallest absolute Gasteiger partial charge is 0.368 e. The van der Waals surface area contributed by atoms with Crippen LogP contribution in [0.4, 0.5) is 13.2 Å². The minimum absolute atomic E-state index is 0.0840. The number of nitrogens with two attached hydrogens (primary N) is 1. The summed E-state index contributed by atoms with van der Waals surface area (Å²) in [5, 5.41) is 4.28. The van der Waals surface area contributed by atoms with Gasteiger partial charge in [0.05, 0.1) is 6.54 Å². The zero-order valence-corrected chi connectivity index (χ0v) is 21.9. The summed E-state index contributed by atoms with van der Waals surface area (Å²) in [7, 11) is 1.22. The van der Waals surface area contributed by atoms with E-state index in [1.165, 1.54) is 7.05 Å². The van der Waals surface area contributed by atoms with Crippen molar-refractivity contribution in [2.75, 3.05) is 13.6 Å². The third kappa shape index (κ3) is 6.20. The number of halogens is 3. The Hall–Kier alpha value is -3.97. The van der Waals surface area contributed by atoms with E-state index in [9.17, 15) is 37.1 Å². The monoisotopic (exact) mass is 552 g/mol. The second kappa shape index (κ2) is 11.0. The van der Waals surface area contributed by atoms with Crippen molar-refractivity contribution in [3.63, 3.8) is 0 Å². The third-order valence-corrected chi connectivity index (χ3v) is 6.75. The van der Waals surface area contributed by atoms with Crippen LogP contribution in [0.5, 0.6) is 0 Å². The number of benzene rings is 1. The highest BCUT2D eigenvalue weighted by Crippen LogP contribution is 2.35. The molecule has 0 aliphatic carbocycles. The zero-order valence-electron chi connectivity index (χ0n) is 21.9. The molecule has 3 rings (SSSR count). The van der Waals surface area contributed by atoms with Gasteiger partial charge < -0.3 is 26.2 Å². The first-order chi connectivity index (χ1) is 18.1. The largest absolute Gasteiger partial charge is 0.471 e. The molecule has 2 aliphatic heterocycles. The van der Waals surface area contributed by atoms with Gasteiger partial charge in [0.15, 0.2) is 5.54 Å². The van der Waals surface area contributed by atoms with Crippen LogP contribution in [0.1, 0.15) is 39.2 Å². The van der Waals surface area contributed by atoms with Crippen molar-refractivity contribution >= 4 is 35.4 Å². The number of aliphatic imine (C=N–C) groups is 1. The molecule has 4 N–H and O–H groups in total. The van der Waals surface area contributed by atoms with Crippen molar-refractivity contribution in [3.05, 3.63) is 35.9 Å². The lowest BCUT2D eigenvalue weighted by Crippen LogP contribution is -2.57. The Labute approximate surface area is 223 Å². The molecule has 2 heterocycles. The van der Waals surface area contributed by atoms with Crippen molar-refractivity contribution < 1.29 is 37.1 Å². The third-order valence-electron chi connectivity index (χ3n) is 6.75. The number of amides is 5. The predicted octanol–water partition coefficient (Wildman–Crippen LogP) is 0.328. The van der Waals surface area contributed by atoms with Gasteiger partial charge in [-0.05, 0) is 19.3 Å². The van der Waals surface area contributed by atoms with E-state index in [-0.39, 0.29) is 31.1 Å². The average Bonchev–Trinajstić information content (AvgIpc) is 3.41. The highest BCUT2D eigenvalue weighted by Gasteiger charge is 2.56. The Kier molecular flexibility index (Phi) is 8.36. The first-order valence-electron chi connectivity index (χ1n) is 12.3. The average molecular weight is 553 g/mol. The van der Waals surface area contributed by atoms with Gasteiger partial charge in [-0.1, -0.05) is 44.2 Å². The van der Waals surface area contributed by atoms with Crippen LogP contribution in [0.3, 0.4) is 0 Å². The van der Waals surface area contributed by atoms with E-state index in [4.69, 9.17) is 5.73 Å². The number of nitrogens with zero attached hydrogens (tertiary/aromatic N) is 3. The molecule has 0 unspecified atom stereocenters. The molecular weight excluding hydrogens is 521 g/mol. The molecule has 4 atom stereocenters. The fourth-order valence-electron chi connectivity index (χ4n) is 4.73. The van der Waals surface area contributed by atoms with Crippen LogP contribution in [0.25, 0.3) is 0 Å². The molecule has 1 saturated heterocycles. The quantitative estimate of drug-likeness (QED) is 0.424. The maximum Gasteiger partial charge on any atom is 0.471 e. The molecule has 1 aromatic rings. The predicted molar refractivity (Wildman–Crippen MR) is 133 cm³/mol. The minimum atomic E-state index is -5.19. The van der Waals surface area contributed by atoms with E-state index in [0.717, 1.165) is 16.7 Å². The molecule has 0 radical (unpaired) electrons. The number of carbonyl (C=O) groups is 5.